The first kappa shape index (κ1) is 21.7. The molecule has 3 rings (SSSR count). The molecule has 2 fully saturated rings. The average Bonchev–Trinajstić information content (AvgIpc) is 3.01. The van der Waals surface area contributed by atoms with Crippen LogP contribution in [-0.2, 0) is 22.6 Å². The average molecular weight is 453 g/mol. The zero-order chi connectivity index (χ0) is 20.3. The summed E-state index contributed by atoms with van der Waals surface area (Å²) in [7, 11) is 0. The van der Waals surface area contributed by atoms with Gasteiger partial charge in [-0.1, -0.05) is 54.0 Å². The minimum absolute atomic E-state index is 0.0148. The van der Waals surface area contributed by atoms with E-state index in [-0.39, 0.29) is 35.0 Å². The highest BCUT2D eigenvalue weighted by molar-refractivity contribution is 9.09. The highest BCUT2D eigenvalue weighted by atomic mass is 79.9. The molecular weight excluding hydrogens is 420 g/mol. The van der Waals surface area contributed by atoms with Crippen molar-refractivity contribution in [3.05, 3.63) is 35.4 Å². The summed E-state index contributed by atoms with van der Waals surface area (Å²) in [5.41, 5.74) is 8.79. The Labute approximate surface area is 176 Å². The Bertz CT molecular complexity index is 662. The predicted octanol–water partition coefficient (Wildman–Crippen LogP) is 2.18. The molecular formula is C21H33BrN4O2. The van der Waals surface area contributed by atoms with E-state index in [0.29, 0.717) is 12.5 Å². The number of carbonyl (C=O) groups excluding carboxylic acids is 1. The van der Waals surface area contributed by atoms with Crippen molar-refractivity contribution in [3.63, 3.8) is 0 Å². The maximum absolute atomic E-state index is 12.7. The number of nitrogens with one attached hydrogen (secondary N) is 3. The van der Waals surface area contributed by atoms with Crippen molar-refractivity contribution < 1.29 is 9.53 Å². The van der Waals surface area contributed by atoms with Crippen molar-refractivity contribution in [2.75, 3.05) is 13.1 Å². The van der Waals surface area contributed by atoms with Crippen molar-refractivity contribution in [1.29, 1.82) is 0 Å². The molecule has 0 saturated carbocycles. The number of halogens is 1. The molecule has 0 bridgehead atoms. The smallest absolute Gasteiger partial charge is 0.239 e. The summed E-state index contributed by atoms with van der Waals surface area (Å²) in [5, 5.41) is 3.11. The summed E-state index contributed by atoms with van der Waals surface area (Å²) in [6, 6.07) is 8.31. The van der Waals surface area contributed by atoms with Gasteiger partial charge >= 0.3 is 0 Å². The first-order chi connectivity index (χ1) is 13.3. The zero-order valence-electron chi connectivity index (χ0n) is 17.2. The van der Waals surface area contributed by atoms with Gasteiger partial charge in [-0.05, 0) is 30.9 Å². The van der Waals surface area contributed by atoms with Crippen LogP contribution in [0, 0.1) is 5.92 Å². The van der Waals surface area contributed by atoms with Crippen LogP contribution in [0.5, 0.6) is 0 Å². The van der Waals surface area contributed by atoms with Crippen LogP contribution in [0.4, 0.5) is 0 Å². The highest BCUT2D eigenvalue weighted by Crippen LogP contribution is 2.22. The molecule has 0 radical (unpaired) electrons. The van der Waals surface area contributed by atoms with Crippen LogP contribution in [0.15, 0.2) is 24.3 Å². The molecule has 2 heterocycles. The van der Waals surface area contributed by atoms with E-state index in [1.807, 2.05) is 6.07 Å². The molecule has 0 aromatic heterocycles. The molecule has 1 aromatic rings. The third-order valence-corrected chi connectivity index (χ3v) is 6.63. The number of alkyl halides is 1. The number of hydrazine groups is 1. The lowest BCUT2D eigenvalue weighted by Crippen LogP contribution is -2.46. The number of rotatable bonds is 6. The van der Waals surface area contributed by atoms with E-state index >= 15 is 0 Å². The lowest BCUT2D eigenvalue weighted by molar-refractivity contribution is -0.122. The molecule has 2 aliphatic rings. The molecule has 6 nitrogen and oxygen atoms in total. The van der Waals surface area contributed by atoms with E-state index in [0.717, 1.165) is 19.6 Å². The van der Waals surface area contributed by atoms with E-state index in [2.05, 4.69) is 82.9 Å². The van der Waals surface area contributed by atoms with Crippen molar-refractivity contribution in [3.8, 4) is 0 Å². The highest BCUT2D eigenvalue weighted by Gasteiger charge is 2.39. The Morgan fingerprint density at radius 1 is 1.21 bits per heavy atom. The SMILES string of the molecule is CC1CN(Cc2ccccc2CNC(=O)C2NNC(C(C)C)C2Br)CC(C)O1. The summed E-state index contributed by atoms with van der Waals surface area (Å²) < 4.78 is 5.84. The first-order valence-electron chi connectivity index (χ1n) is 10.2. The van der Waals surface area contributed by atoms with Gasteiger partial charge in [0.05, 0.1) is 17.0 Å². The Kier molecular flexibility index (Phi) is 7.50. The third kappa shape index (κ3) is 5.33. The zero-order valence-corrected chi connectivity index (χ0v) is 18.8. The summed E-state index contributed by atoms with van der Waals surface area (Å²) in [4.78, 5) is 15.2. The van der Waals surface area contributed by atoms with Gasteiger partial charge < -0.3 is 10.1 Å². The van der Waals surface area contributed by atoms with Crippen LogP contribution in [0.1, 0.15) is 38.8 Å². The number of hydrogen-bond acceptors (Lipinski definition) is 5. The van der Waals surface area contributed by atoms with Gasteiger partial charge in [0, 0.05) is 32.2 Å². The fourth-order valence-electron chi connectivity index (χ4n) is 4.13. The Morgan fingerprint density at radius 2 is 1.86 bits per heavy atom. The van der Waals surface area contributed by atoms with Crippen molar-refractivity contribution in [2.45, 2.75) is 69.9 Å². The number of ether oxygens (including phenoxy) is 1. The van der Waals surface area contributed by atoms with Gasteiger partial charge in [-0.15, -0.1) is 0 Å². The molecule has 1 aromatic carbocycles. The normalized spacial score (nSPS) is 31.3. The second kappa shape index (κ2) is 9.67. The molecule has 0 spiro atoms. The second-order valence-corrected chi connectivity index (χ2v) is 9.48. The summed E-state index contributed by atoms with van der Waals surface area (Å²) in [6.07, 6.45) is 0.502. The minimum Gasteiger partial charge on any atom is -0.373 e. The number of benzene rings is 1. The van der Waals surface area contributed by atoms with Crippen LogP contribution >= 0.6 is 15.9 Å². The van der Waals surface area contributed by atoms with Gasteiger partial charge in [0.1, 0.15) is 6.04 Å². The molecule has 2 aliphatic heterocycles. The third-order valence-electron chi connectivity index (χ3n) is 5.53. The standard InChI is InChI=1S/C21H33BrN4O2/c1-13(2)19-18(22)20(25-24-19)21(27)23-9-16-7-5-6-8-17(16)12-26-10-14(3)28-15(4)11-26/h5-8,13-15,18-20,24-25H,9-12H2,1-4H3,(H,23,27). The number of hydrogen-bond donors (Lipinski definition) is 3. The summed E-state index contributed by atoms with van der Waals surface area (Å²) in [6.45, 7) is 11.8. The monoisotopic (exact) mass is 452 g/mol. The number of carbonyl (C=O) groups is 1. The Morgan fingerprint density at radius 3 is 2.46 bits per heavy atom. The van der Waals surface area contributed by atoms with Gasteiger partial charge in [0.2, 0.25) is 5.91 Å². The molecule has 2 saturated heterocycles. The van der Waals surface area contributed by atoms with Crippen LogP contribution in [0.3, 0.4) is 0 Å². The van der Waals surface area contributed by atoms with E-state index in [1.54, 1.807) is 0 Å². The fraction of sp³-hybridized carbons (Fsp3) is 0.667. The lowest BCUT2D eigenvalue weighted by Gasteiger charge is -2.35. The van der Waals surface area contributed by atoms with Gasteiger partial charge in [-0.2, -0.15) is 0 Å². The van der Waals surface area contributed by atoms with Crippen LogP contribution in [0.25, 0.3) is 0 Å². The molecule has 7 heteroatoms. The predicted molar refractivity (Wildman–Crippen MR) is 115 cm³/mol. The molecule has 1 amide bonds. The molecule has 0 aliphatic carbocycles. The summed E-state index contributed by atoms with van der Waals surface area (Å²) in [5.74, 6) is 0.453. The molecule has 156 valence electrons. The topological polar surface area (TPSA) is 65.6 Å². The van der Waals surface area contributed by atoms with Crippen LogP contribution in [-0.4, -0.2) is 53.0 Å². The van der Waals surface area contributed by atoms with E-state index in [4.69, 9.17) is 4.74 Å². The van der Waals surface area contributed by atoms with Crippen molar-refractivity contribution in [2.24, 2.45) is 5.92 Å². The largest absolute Gasteiger partial charge is 0.373 e. The molecule has 5 atom stereocenters. The van der Waals surface area contributed by atoms with Gasteiger partial charge in [0.25, 0.3) is 0 Å². The quantitative estimate of drug-likeness (QED) is 0.577. The summed E-state index contributed by atoms with van der Waals surface area (Å²) >= 11 is 3.69. The lowest BCUT2D eigenvalue weighted by atomic mass is 9.99. The number of amides is 1. The van der Waals surface area contributed by atoms with Gasteiger partial charge in [0.15, 0.2) is 0 Å². The Hall–Kier alpha value is -0.990. The Balaban J connectivity index is 1.58. The molecule has 5 unspecified atom stereocenters. The molecule has 28 heavy (non-hydrogen) atoms. The maximum atomic E-state index is 12.7. The fourth-order valence-corrected chi connectivity index (χ4v) is 5.24. The number of nitrogens with zero attached hydrogens (tertiary/aromatic N) is 1. The van der Waals surface area contributed by atoms with Crippen LogP contribution < -0.4 is 16.2 Å². The second-order valence-electron chi connectivity index (χ2n) is 8.42. The van der Waals surface area contributed by atoms with E-state index in [1.165, 1.54) is 11.1 Å². The van der Waals surface area contributed by atoms with Crippen LogP contribution in [0.2, 0.25) is 0 Å². The van der Waals surface area contributed by atoms with E-state index in [9.17, 15) is 4.79 Å². The van der Waals surface area contributed by atoms with E-state index < -0.39 is 0 Å². The minimum atomic E-state index is -0.277. The maximum Gasteiger partial charge on any atom is 0.239 e. The first-order valence-corrected chi connectivity index (χ1v) is 11.1. The van der Waals surface area contributed by atoms with Gasteiger partial charge in [-0.25, -0.2) is 5.43 Å². The molecule has 3 N–H and O–H groups in total. The van der Waals surface area contributed by atoms with Crippen molar-refractivity contribution in [1.82, 2.24) is 21.1 Å². The van der Waals surface area contributed by atoms with Crippen molar-refractivity contribution >= 4 is 21.8 Å². The number of morpholine rings is 1. The van der Waals surface area contributed by atoms with Gasteiger partial charge in [-0.3, -0.25) is 15.1 Å².